The van der Waals surface area contributed by atoms with Crippen molar-refractivity contribution in [1.82, 2.24) is 4.98 Å². The minimum Gasteiger partial charge on any atom is -0.508 e. The van der Waals surface area contributed by atoms with Gasteiger partial charge in [0.1, 0.15) is 5.75 Å². The van der Waals surface area contributed by atoms with Crippen LogP contribution in [-0.4, -0.2) is 23.4 Å². The van der Waals surface area contributed by atoms with Gasteiger partial charge in [0, 0.05) is 12.3 Å². The minimum atomic E-state index is -3.92. The van der Waals surface area contributed by atoms with Crippen LogP contribution in [0.1, 0.15) is 0 Å². The molecular weight excluding hydrogens is 320 g/mol. The molecule has 8 heteroatoms. The quantitative estimate of drug-likeness (QED) is 0.584. The summed E-state index contributed by atoms with van der Waals surface area (Å²) in [5.41, 5.74) is -0.174. The second-order valence-electron chi connectivity index (χ2n) is 4.74. The summed E-state index contributed by atoms with van der Waals surface area (Å²) in [6, 6.07) is 10.3. The molecule has 3 rings (SSSR count). The molecule has 23 heavy (non-hydrogen) atoms. The SMILES string of the molecule is O=[N+]([O-])c1ccc(S(=O)(=O)c2ccc(O)cc2)c2ncccc12. The second-order valence-corrected chi connectivity index (χ2v) is 6.65. The van der Waals surface area contributed by atoms with E-state index in [2.05, 4.69) is 4.98 Å². The largest absolute Gasteiger partial charge is 0.508 e. The summed E-state index contributed by atoms with van der Waals surface area (Å²) < 4.78 is 25.5. The van der Waals surface area contributed by atoms with E-state index in [4.69, 9.17) is 0 Å². The van der Waals surface area contributed by atoms with Gasteiger partial charge >= 0.3 is 0 Å². The van der Waals surface area contributed by atoms with Crippen LogP contribution in [0, 0.1) is 10.1 Å². The highest BCUT2D eigenvalue weighted by atomic mass is 32.2. The smallest absolute Gasteiger partial charge is 0.278 e. The van der Waals surface area contributed by atoms with Crippen molar-refractivity contribution in [3.63, 3.8) is 0 Å². The number of phenols is 1. The van der Waals surface area contributed by atoms with Crippen molar-refractivity contribution in [3.8, 4) is 5.75 Å². The number of pyridine rings is 1. The molecule has 0 unspecified atom stereocenters. The number of aromatic hydroxyl groups is 1. The van der Waals surface area contributed by atoms with Gasteiger partial charge < -0.3 is 5.11 Å². The van der Waals surface area contributed by atoms with Gasteiger partial charge in [-0.2, -0.15) is 0 Å². The normalized spacial score (nSPS) is 11.5. The third kappa shape index (κ3) is 2.49. The predicted octanol–water partition coefficient (Wildman–Crippen LogP) is 2.68. The van der Waals surface area contributed by atoms with Crippen LogP contribution in [0.5, 0.6) is 5.75 Å². The molecule has 0 atom stereocenters. The van der Waals surface area contributed by atoms with E-state index >= 15 is 0 Å². The van der Waals surface area contributed by atoms with Crippen LogP contribution in [0.2, 0.25) is 0 Å². The lowest BCUT2D eigenvalue weighted by Gasteiger charge is -2.08. The summed E-state index contributed by atoms with van der Waals surface area (Å²) in [4.78, 5) is 14.3. The number of fused-ring (bicyclic) bond motifs is 1. The maximum Gasteiger partial charge on any atom is 0.278 e. The Balaban J connectivity index is 2.30. The first kappa shape index (κ1) is 14.9. The van der Waals surface area contributed by atoms with Crippen molar-refractivity contribution in [2.75, 3.05) is 0 Å². The molecule has 0 saturated carbocycles. The zero-order chi connectivity index (χ0) is 16.6. The lowest BCUT2D eigenvalue weighted by Crippen LogP contribution is -2.04. The molecule has 0 aliphatic carbocycles. The number of nitro groups is 1. The third-order valence-electron chi connectivity index (χ3n) is 3.34. The molecule has 116 valence electrons. The number of nitrogens with zero attached hydrogens (tertiary/aromatic N) is 2. The first-order valence-corrected chi connectivity index (χ1v) is 7.96. The fraction of sp³-hybridized carbons (Fsp3) is 0. The highest BCUT2D eigenvalue weighted by molar-refractivity contribution is 7.91. The monoisotopic (exact) mass is 330 g/mol. The van der Waals surface area contributed by atoms with Gasteiger partial charge in [0.05, 0.1) is 25.6 Å². The lowest BCUT2D eigenvalue weighted by atomic mass is 10.2. The van der Waals surface area contributed by atoms with E-state index in [-0.39, 0.29) is 32.1 Å². The fourth-order valence-corrected chi connectivity index (χ4v) is 3.67. The molecule has 0 bridgehead atoms. The van der Waals surface area contributed by atoms with Crippen LogP contribution < -0.4 is 0 Å². The molecule has 1 aromatic heterocycles. The Morgan fingerprint density at radius 3 is 2.39 bits per heavy atom. The Morgan fingerprint density at radius 1 is 1.04 bits per heavy atom. The van der Waals surface area contributed by atoms with E-state index < -0.39 is 14.8 Å². The standard InChI is InChI=1S/C15H10N2O5S/c18-10-3-5-11(6-4-10)23(21,22)14-8-7-13(17(19)20)12-2-1-9-16-15(12)14/h1-9,18H. The number of sulfone groups is 1. The maximum atomic E-state index is 12.7. The Kier molecular flexibility index (Phi) is 3.45. The molecule has 0 spiro atoms. The number of rotatable bonds is 3. The zero-order valence-electron chi connectivity index (χ0n) is 11.6. The van der Waals surface area contributed by atoms with Crippen LogP contribution in [0.3, 0.4) is 0 Å². The Bertz CT molecular complexity index is 1010. The number of hydrogen-bond donors (Lipinski definition) is 1. The number of phenolic OH excluding ortho intramolecular Hbond substituents is 1. The van der Waals surface area contributed by atoms with Crippen molar-refractivity contribution < 1.29 is 18.4 Å². The summed E-state index contributed by atoms with van der Waals surface area (Å²) in [5.74, 6) is -0.0596. The first-order chi connectivity index (χ1) is 10.9. The average molecular weight is 330 g/mol. The van der Waals surface area contributed by atoms with Crippen LogP contribution in [0.4, 0.5) is 5.69 Å². The van der Waals surface area contributed by atoms with Crippen molar-refractivity contribution in [1.29, 1.82) is 0 Å². The number of hydrogen-bond acceptors (Lipinski definition) is 6. The van der Waals surface area contributed by atoms with Crippen molar-refractivity contribution in [2.24, 2.45) is 0 Å². The van der Waals surface area contributed by atoms with Crippen LogP contribution in [-0.2, 0) is 9.84 Å². The molecular formula is C15H10N2O5S. The molecule has 3 aromatic rings. The molecule has 1 heterocycles. The van der Waals surface area contributed by atoms with Crippen LogP contribution >= 0.6 is 0 Å². The third-order valence-corrected chi connectivity index (χ3v) is 5.14. The van der Waals surface area contributed by atoms with Crippen molar-refractivity contribution >= 4 is 26.4 Å². The molecule has 0 fully saturated rings. The lowest BCUT2D eigenvalue weighted by molar-refractivity contribution is -0.383. The summed E-state index contributed by atoms with van der Waals surface area (Å²) in [6.07, 6.45) is 1.38. The second kappa shape index (κ2) is 5.33. The Labute approximate surface area is 130 Å². The number of benzene rings is 2. The van der Waals surface area contributed by atoms with Gasteiger partial charge in [-0.15, -0.1) is 0 Å². The van der Waals surface area contributed by atoms with Crippen LogP contribution in [0.15, 0.2) is 64.5 Å². The molecule has 0 saturated heterocycles. The van der Waals surface area contributed by atoms with E-state index in [1.54, 1.807) is 0 Å². The minimum absolute atomic E-state index is 0.0314. The topological polar surface area (TPSA) is 110 Å². The summed E-state index contributed by atoms with van der Waals surface area (Å²) in [5, 5.41) is 20.5. The molecule has 0 amide bonds. The summed E-state index contributed by atoms with van der Waals surface area (Å²) in [6.45, 7) is 0. The first-order valence-electron chi connectivity index (χ1n) is 6.47. The maximum absolute atomic E-state index is 12.7. The fourth-order valence-electron chi connectivity index (χ4n) is 2.26. The number of nitro benzene ring substituents is 1. The van der Waals surface area contributed by atoms with Gasteiger partial charge in [-0.1, -0.05) is 0 Å². The molecule has 7 nitrogen and oxygen atoms in total. The summed E-state index contributed by atoms with van der Waals surface area (Å²) in [7, 11) is -3.92. The van der Waals surface area contributed by atoms with E-state index in [1.807, 2.05) is 0 Å². The van der Waals surface area contributed by atoms with Gasteiger partial charge in [0.25, 0.3) is 5.69 Å². The molecule has 0 aliphatic heterocycles. The Morgan fingerprint density at radius 2 is 1.74 bits per heavy atom. The molecule has 2 aromatic carbocycles. The Hall–Kier alpha value is -3.00. The molecule has 1 N–H and O–H groups in total. The van der Waals surface area contributed by atoms with Crippen molar-refractivity contribution in [2.45, 2.75) is 9.79 Å². The van der Waals surface area contributed by atoms with Gasteiger partial charge in [0.2, 0.25) is 9.84 Å². The van der Waals surface area contributed by atoms with Gasteiger partial charge in [-0.05, 0) is 42.5 Å². The zero-order valence-corrected chi connectivity index (χ0v) is 12.4. The predicted molar refractivity (Wildman–Crippen MR) is 82.0 cm³/mol. The number of non-ortho nitro benzene ring substituents is 1. The van der Waals surface area contributed by atoms with E-state index in [1.165, 1.54) is 48.7 Å². The van der Waals surface area contributed by atoms with E-state index in [9.17, 15) is 23.6 Å². The van der Waals surface area contributed by atoms with Gasteiger partial charge in [-0.25, -0.2) is 8.42 Å². The highest BCUT2D eigenvalue weighted by Crippen LogP contribution is 2.32. The number of aromatic nitrogens is 1. The highest BCUT2D eigenvalue weighted by Gasteiger charge is 2.24. The van der Waals surface area contributed by atoms with Crippen LogP contribution in [0.25, 0.3) is 10.9 Å². The molecule has 0 aliphatic rings. The van der Waals surface area contributed by atoms with E-state index in [0.29, 0.717) is 0 Å². The van der Waals surface area contributed by atoms with Gasteiger partial charge in [0.15, 0.2) is 0 Å². The van der Waals surface area contributed by atoms with Crippen molar-refractivity contribution in [3.05, 3.63) is 64.8 Å². The molecule has 0 radical (unpaired) electrons. The van der Waals surface area contributed by atoms with E-state index in [0.717, 1.165) is 6.07 Å². The summed E-state index contributed by atoms with van der Waals surface area (Å²) >= 11 is 0. The van der Waals surface area contributed by atoms with Gasteiger partial charge in [-0.3, -0.25) is 15.1 Å². The average Bonchev–Trinajstić information content (AvgIpc) is 2.54.